The van der Waals surface area contributed by atoms with Crippen LogP contribution in [0.4, 0.5) is 5.82 Å². The molecule has 3 heterocycles. The fourth-order valence-corrected chi connectivity index (χ4v) is 2.48. The van der Waals surface area contributed by atoms with Crippen molar-refractivity contribution in [1.82, 2.24) is 19.9 Å². The monoisotopic (exact) mass is 231 g/mol. The van der Waals surface area contributed by atoms with E-state index in [1.165, 1.54) is 5.56 Å². The number of nitrogens with two attached hydrogens (primary N) is 1. The molecule has 3 N–H and O–H groups in total. The Balaban J connectivity index is 2.36. The second-order valence-corrected chi connectivity index (χ2v) is 4.61. The first kappa shape index (κ1) is 10.5. The van der Waals surface area contributed by atoms with E-state index in [9.17, 15) is 0 Å². The number of imidazole rings is 1. The molecule has 90 valence electrons. The zero-order valence-corrected chi connectivity index (χ0v) is 10.2. The molecule has 2 aromatic rings. The Hall–Kier alpha value is -1.62. The van der Waals surface area contributed by atoms with Crippen molar-refractivity contribution < 1.29 is 0 Å². The second kappa shape index (κ2) is 3.70. The summed E-state index contributed by atoms with van der Waals surface area (Å²) < 4.78 is 2.29. The standard InChI is InChI=1S/C12H17N5/c1-7-8(2)15-12(13)10-11(7)17-5-3-4-14-6-9(17)16-10/h14H,3-6H2,1-2H3,(H2,13,15). The van der Waals surface area contributed by atoms with Crippen LogP contribution in [0.5, 0.6) is 0 Å². The summed E-state index contributed by atoms with van der Waals surface area (Å²) in [6, 6.07) is 0. The summed E-state index contributed by atoms with van der Waals surface area (Å²) in [5, 5.41) is 3.37. The molecule has 0 spiro atoms. The summed E-state index contributed by atoms with van der Waals surface area (Å²) in [5.74, 6) is 1.61. The highest BCUT2D eigenvalue weighted by Crippen LogP contribution is 2.26. The maximum atomic E-state index is 5.97. The first-order valence-corrected chi connectivity index (χ1v) is 6.01. The molecule has 17 heavy (non-hydrogen) atoms. The first-order chi connectivity index (χ1) is 8.18. The van der Waals surface area contributed by atoms with Gasteiger partial charge in [0, 0.05) is 12.2 Å². The van der Waals surface area contributed by atoms with E-state index in [1.54, 1.807) is 0 Å². The van der Waals surface area contributed by atoms with Gasteiger partial charge in [-0.25, -0.2) is 9.97 Å². The minimum atomic E-state index is 0.545. The normalized spacial score (nSPS) is 15.9. The van der Waals surface area contributed by atoms with Gasteiger partial charge in [0.2, 0.25) is 0 Å². The van der Waals surface area contributed by atoms with E-state index >= 15 is 0 Å². The number of aryl methyl sites for hydroxylation is 3. The molecule has 5 heteroatoms. The molecule has 1 aliphatic heterocycles. The lowest BCUT2D eigenvalue weighted by Gasteiger charge is -2.08. The molecule has 0 unspecified atom stereocenters. The van der Waals surface area contributed by atoms with E-state index in [4.69, 9.17) is 5.73 Å². The van der Waals surface area contributed by atoms with Crippen molar-refractivity contribution in [3.05, 3.63) is 17.1 Å². The Morgan fingerprint density at radius 3 is 2.94 bits per heavy atom. The zero-order valence-electron chi connectivity index (χ0n) is 10.2. The molecule has 0 aromatic carbocycles. The van der Waals surface area contributed by atoms with Crippen molar-refractivity contribution in [2.24, 2.45) is 0 Å². The number of nitrogens with one attached hydrogen (secondary N) is 1. The lowest BCUT2D eigenvalue weighted by atomic mass is 10.2. The Labute approximate surface area is 100 Å². The van der Waals surface area contributed by atoms with Gasteiger partial charge < -0.3 is 15.6 Å². The number of fused-ring (bicyclic) bond motifs is 3. The summed E-state index contributed by atoms with van der Waals surface area (Å²) >= 11 is 0. The largest absolute Gasteiger partial charge is 0.382 e. The van der Waals surface area contributed by atoms with Crippen molar-refractivity contribution in [1.29, 1.82) is 0 Å². The first-order valence-electron chi connectivity index (χ1n) is 6.01. The van der Waals surface area contributed by atoms with Gasteiger partial charge in [-0.15, -0.1) is 0 Å². The molecule has 0 bridgehead atoms. The van der Waals surface area contributed by atoms with Gasteiger partial charge in [0.05, 0.1) is 12.1 Å². The van der Waals surface area contributed by atoms with Crippen molar-refractivity contribution in [2.45, 2.75) is 33.4 Å². The van der Waals surface area contributed by atoms with Gasteiger partial charge in [-0.2, -0.15) is 0 Å². The molecule has 0 radical (unpaired) electrons. The van der Waals surface area contributed by atoms with Crippen molar-refractivity contribution >= 4 is 16.9 Å². The molecule has 0 atom stereocenters. The average Bonchev–Trinajstić information content (AvgIpc) is 2.51. The summed E-state index contributed by atoms with van der Waals surface area (Å²) in [7, 11) is 0. The van der Waals surface area contributed by atoms with Crippen molar-refractivity contribution in [2.75, 3.05) is 12.3 Å². The number of aromatic nitrogens is 3. The predicted octanol–water partition coefficient (Wildman–Crippen LogP) is 1.12. The predicted molar refractivity (Wildman–Crippen MR) is 67.7 cm³/mol. The molecule has 0 saturated carbocycles. The summed E-state index contributed by atoms with van der Waals surface area (Å²) in [5.41, 5.74) is 10.2. The Bertz CT molecular complexity index is 584. The van der Waals surface area contributed by atoms with Crippen LogP contribution in [0, 0.1) is 13.8 Å². The number of anilines is 1. The van der Waals surface area contributed by atoms with Gasteiger partial charge in [0.1, 0.15) is 11.3 Å². The quantitative estimate of drug-likeness (QED) is 0.713. The van der Waals surface area contributed by atoms with Crippen LogP contribution < -0.4 is 11.1 Å². The highest BCUT2D eigenvalue weighted by atomic mass is 15.1. The number of hydrogen-bond donors (Lipinski definition) is 2. The SMILES string of the molecule is Cc1nc(N)c2nc3n(c2c1C)CCCNC3. The summed E-state index contributed by atoms with van der Waals surface area (Å²) in [6.07, 6.45) is 1.12. The van der Waals surface area contributed by atoms with E-state index in [0.29, 0.717) is 5.82 Å². The molecule has 3 rings (SSSR count). The summed E-state index contributed by atoms with van der Waals surface area (Å²) in [6.45, 7) is 6.95. The molecule has 5 nitrogen and oxygen atoms in total. The second-order valence-electron chi connectivity index (χ2n) is 4.61. The minimum Gasteiger partial charge on any atom is -0.382 e. The fraction of sp³-hybridized carbons (Fsp3) is 0.500. The zero-order chi connectivity index (χ0) is 12.0. The molecule has 0 aliphatic carbocycles. The number of pyridine rings is 1. The van der Waals surface area contributed by atoms with Crippen LogP contribution in [-0.4, -0.2) is 21.1 Å². The van der Waals surface area contributed by atoms with Gasteiger partial charge in [-0.1, -0.05) is 0 Å². The Morgan fingerprint density at radius 1 is 1.29 bits per heavy atom. The third-order valence-electron chi connectivity index (χ3n) is 3.49. The van der Waals surface area contributed by atoms with Crippen LogP contribution in [0.3, 0.4) is 0 Å². The van der Waals surface area contributed by atoms with E-state index in [0.717, 1.165) is 48.6 Å². The molecular formula is C12H17N5. The topological polar surface area (TPSA) is 68.8 Å². The Morgan fingerprint density at radius 2 is 2.12 bits per heavy atom. The lowest BCUT2D eigenvalue weighted by molar-refractivity contribution is 0.653. The highest BCUT2D eigenvalue weighted by Gasteiger charge is 2.18. The van der Waals surface area contributed by atoms with Crippen LogP contribution in [0.25, 0.3) is 11.0 Å². The van der Waals surface area contributed by atoms with Crippen LogP contribution in [0.2, 0.25) is 0 Å². The molecular weight excluding hydrogens is 214 g/mol. The third-order valence-corrected chi connectivity index (χ3v) is 3.49. The van der Waals surface area contributed by atoms with E-state index in [1.807, 2.05) is 6.92 Å². The highest BCUT2D eigenvalue weighted by molar-refractivity contribution is 5.88. The molecule has 2 aromatic heterocycles. The number of nitrogens with zero attached hydrogens (tertiary/aromatic N) is 3. The van der Waals surface area contributed by atoms with Crippen molar-refractivity contribution in [3.63, 3.8) is 0 Å². The van der Waals surface area contributed by atoms with Gasteiger partial charge in [-0.05, 0) is 32.4 Å². The maximum absolute atomic E-state index is 5.97. The number of nitrogen functional groups attached to an aromatic ring is 1. The molecule has 1 aliphatic rings. The van der Waals surface area contributed by atoms with Gasteiger partial charge in [-0.3, -0.25) is 0 Å². The van der Waals surface area contributed by atoms with Crippen LogP contribution in [0.15, 0.2) is 0 Å². The van der Waals surface area contributed by atoms with E-state index in [-0.39, 0.29) is 0 Å². The number of hydrogen-bond acceptors (Lipinski definition) is 4. The van der Waals surface area contributed by atoms with Crippen LogP contribution in [0.1, 0.15) is 23.5 Å². The number of rotatable bonds is 0. The van der Waals surface area contributed by atoms with Gasteiger partial charge in [0.15, 0.2) is 5.82 Å². The molecule has 0 saturated heterocycles. The van der Waals surface area contributed by atoms with Crippen molar-refractivity contribution in [3.8, 4) is 0 Å². The maximum Gasteiger partial charge on any atom is 0.151 e. The minimum absolute atomic E-state index is 0.545. The lowest BCUT2D eigenvalue weighted by Crippen LogP contribution is -2.12. The molecule has 0 amide bonds. The summed E-state index contributed by atoms with van der Waals surface area (Å²) in [4.78, 5) is 8.98. The van der Waals surface area contributed by atoms with E-state index in [2.05, 4.69) is 26.8 Å². The Kier molecular flexibility index (Phi) is 2.29. The van der Waals surface area contributed by atoms with Gasteiger partial charge >= 0.3 is 0 Å². The van der Waals surface area contributed by atoms with Crippen LogP contribution >= 0.6 is 0 Å². The van der Waals surface area contributed by atoms with Crippen LogP contribution in [-0.2, 0) is 13.1 Å². The van der Waals surface area contributed by atoms with Gasteiger partial charge in [0.25, 0.3) is 0 Å². The van der Waals surface area contributed by atoms with E-state index < -0.39 is 0 Å². The molecule has 0 fully saturated rings. The third kappa shape index (κ3) is 1.50. The fourth-order valence-electron chi connectivity index (χ4n) is 2.48. The average molecular weight is 231 g/mol. The smallest absolute Gasteiger partial charge is 0.151 e.